The van der Waals surface area contributed by atoms with E-state index < -0.39 is 0 Å². The Balaban J connectivity index is 1.98. The lowest BCUT2D eigenvalue weighted by Gasteiger charge is -2.14. The number of carbonyl (C=O) groups is 3. The maximum Gasteiger partial charge on any atom is 0.221 e. The molecule has 0 atom stereocenters. The van der Waals surface area contributed by atoms with Crippen molar-refractivity contribution >= 4 is 34.9 Å². The Bertz CT molecular complexity index is 813. The molecule has 0 saturated carbocycles. The maximum atomic E-state index is 12.4. The molecule has 1 aromatic rings. The van der Waals surface area contributed by atoms with Gasteiger partial charge in [-0.1, -0.05) is 12.1 Å². The number of hydrogen-bond acceptors (Lipinski definition) is 3. The normalized spacial score (nSPS) is 15.2. The number of carbonyl (C=O) groups excluding carboxylic acids is 3. The molecule has 1 aromatic carbocycles. The van der Waals surface area contributed by atoms with Gasteiger partial charge in [0.15, 0.2) is 0 Å². The Kier molecular flexibility index (Phi) is 3.25. The van der Waals surface area contributed by atoms with Gasteiger partial charge in [0.1, 0.15) is 0 Å². The number of fused-ring (bicyclic) bond motifs is 3. The molecule has 0 saturated heterocycles. The molecule has 0 spiro atoms. The minimum Gasteiger partial charge on any atom is -0.326 e. The average molecular weight is 294 g/mol. The first kappa shape index (κ1) is 14.0. The standard InChI is InChI=1S/C17H14N2O3/c1-9(20)18-12-3-4-13-11(7-12)8-15-14(13)5-6-16(17(15)22)19-10(2)21/h3-8H,1-2H3,(H,18,20)(H,19,21). The Hall–Kier alpha value is -2.95. The lowest BCUT2D eigenvalue weighted by Crippen LogP contribution is -2.27. The molecule has 2 aliphatic rings. The van der Waals surface area contributed by atoms with E-state index in [1.165, 1.54) is 13.8 Å². The van der Waals surface area contributed by atoms with Crippen LogP contribution in [0.4, 0.5) is 5.69 Å². The molecular formula is C17H14N2O3. The van der Waals surface area contributed by atoms with Crippen LogP contribution in [0.15, 0.2) is 41.6 Å². The predicted molar refractivity (Wildman–Crippen MR) is 83.6 cm³/mol. The van der Waals surface area contributed by atoms with Gasteiger partial charge >= 0.3 is 0 Å². The molecule has 5 heteroatoms. The number of hydrogen-bond donors (Lipinski definition) is 2. The van der Waals surface area contributed by atoms with Crippen molar-refractivity contribution in [2.75, 3.05) is 5.32 Å². The highest BCUT2D eigenvalue weighted by Crippen LogP contribution is 2.39. The smallest absolute Gasteiger partial charge is 0.221 e. The van der Waals surface area contributed by atoms with Gasteiger partial charge in [-0.2, -0.15) is 0 Å². The molecule has 0 heterocycles. The van der Waals surface area contributed by atoms with Gasteiger partial charge in [-0.15, -0.1) is 0 Å². The summed E-state index contributed by atoms with van der Waals surface area (Å²) in [6, 6.07) is 5.50. The van der Waals surface area contributed by atoms with E-state index in [9.17, 15) is 14.4 Å². The zero-order valence-electron chi connectivity index (χ0n) is 12.2. The Morgan fingerprint density at radius 3 is 2.36 bits per heavy atom. The highest BCUT2D eigenvalue weighted by molar-refractivity contribution is 6.26. The van der Waals surface area contributed by atoms with Crippen LogP contribution in [0.2, 0.25) is 0 Å². The molecule has 0 radical (unpaired) electrons. The molecule has 5 nitrogen and oxygen atoms in total. The summed E-state index contributed by atoms with van der Waals surface area (Å²) in [6.45, 7) is 2.81. The van der Waals surface area contributed by atoms with E-state index in [1.54, 1.807) is 18.2 Å². The Labute approximate surface area is 127 Å². The van der Waals surface area contributed by atoms with Crippen LogP contribution in [0.3, 0.4) is 0 Å². The van der Waals surface area contributed by atoms with E-state index in [0.717, 1.165) is 16.7 Å². The van der Waals surface area contributed by atoms with Gasteiger partial charge in [0.25, 0.3) is 0 Å². The fourth-order valence-electron chi connectivity index (χ4n) is 2.63. The van der Waals surface area contributed by atoms with Crippen LogP contribution in [0.25, 0.3) is 11.6 Å². The summed E-state index contributed by atoms with van der Waals surface area (Å²) in [7, 11) is 0. The fourth-order valence-corrected chi connectivity index (χ4v) is 2.63. The minimum absolute atomic E-state index is 0.145. The van der Waals surface area contributed by atoms with Gasteiger partial charge in [0.2, 0.25) is 17.6 Å². The number of allylic oxidation sites excluding steroid dienone is 4. The fraction of sp³-hybridized carbons (Fsp3) is 0.118. The summed E-state index contributed by atoms with van der Waals surface area (Å²) in [5, 5.41) is 5.26. The van der Waals surface area contributed by atoms with Crippen molar-refractivity contribution in [1.29, 1.82) is 0 Å². The molecule has 0 bridgehead atoms. The van der Waals surface area contributed by atoms with E-state index in [1.807, 2.05) is 18.2 Å². The topological polar surface area (TPSA) is 75.3 Å². The lowest BCUT2D eigenvalue weighted by atomic mass is 9.94. The summed E-state index contributed by atoms with van der Waals surface area (Å²) < 4.78 is 0. The van der Waals surface area contributed by atoms with Crippen LogP contribution in [-0.4, -0.2) is 17.6 Å². The first-order chi connectivity index (χ1) is 10.5. The highest BCUT2D eigenvalue weighted by Gasteiger charge is 2.29. The number of ketones is 1. The van der Waals surface area contributed by atoms with E-state index in [0.29, 0.717) is 11.3 Å². The third kappa shape index (κ3) is 2.37. The molecule has 3 rings (SSSR count). The van der Waals surface area contributed by atoms with Crippen LogP contribution in [0.5, 0.6) is 0 Å². The molecule has 0 aromatic heterocycles. The number of rotatable bonds is 2. The summed E-state index contributed by atoms with van der Waals surface area (Å²) in [4.78, 5) is 34.7. The van der Waals surface area contributed by atoms with Gasteiger partial charge in [-0.3, -0.25) is 14.4 Å². The van der Waals surface area contributed by atoms with Crippen molar-refractivity contribution in [3.63, 3.8) is 0 Å². The van der Waals surface area contributed by atoms with Gasteiger partial charge in [-0.05, 0) is 41.0 Å². The zero-order valence-corrected chi connectivity index (χ0v) is 12.2. The van der Waals surface area contributed by atoms with Gasteiger partial charge < -0.3 is 10.6 Å². The molecule has 0 unspecified atom stereocenters. The van der Waals surface area contributed by atoms with Crippen LogP contribution < -0.4 is 10.6 Å². The lowest BCUT2D eigenvalue weighted by molar-refractivity contribution is -0.120. The van der Waals surface area contributed by atoms with Crippen molar-refractivity contribution in [3.8, 4) is 0 Å². The zero-order chi connectivity index (χ0) is 15.9. The monoisotopic (exact) mass is 294 g/mol. The van der Waals surface area contributed by atoms with Crippen molar-refractivity contribution in [3.05, 3.63) is 52.7 Å². The van der Waals surface area contributed by atoms with E-state index >= 15 is 0 Å². The Morgan fingerprint density at radius 2 is 1.68 bits per heavy atom. The molecule has 2 N–H and O–H groups in total. The summed E-state index contributed by atoms with van der Waals surface area (Å²) in [6.07, 6.45) is 5.22. The van der Waals surface area contributed by atoms with Gasteiger partial charge in [-0.25, -0.2) is 0 Å². The highest BCUT2D eigenvalue weighted by atomic mass is 16.2. The summed E-state index contributed by atoms with van der Waals surface area (Å²) in [5.41, 5.74) is 4.17. The number of anilines is 1. The van der Waals surface area contributed by atoms with Gasteiger partial charge in [0, 0.05) is 25.1 Å². The Morgan fingerprint density at radius 1 is 0.955 bits per heavy atom. The second kappa shape index (κ2) is 5.11. The number of benzene rings is 1. The molecule has 22 heavy (non-hydrogen) atoms. The SMILES string of the molecule is CC(=O)NC1=CC=C2C(=Cc3cc(NC(C)=O)ccc32)C1=O. The molecule has 0 fully saturated rings. The number of Topliss-reactive ketones (excluding diaryl/α,β-unsaturated/α-hetero) is 1. The summed E-state index contributed by atoms with van der Waals surface area (Å²) >= 11 is 0. The minimum atomic E-state index is -0.277. The molecule has 2 aliphatic carbocycles. The second-order valence-electron chi connectivity index (χ2n) is 5.21. The van der Waals surface area contributed by atoms with E-state index in [2.05, 4.69) is 10.6 Å². The first-order valence-electron chi connectivity index (χ1n) is 6.84. The maximum absolute atomic E-state index is 12.4. The average Bonchev–Trinajstić information content (AvgIpc) is 2.79. The second-order valence-corrected chi connectivity index (χ2v) is 5.21. The van der Waals surface area contributed by atoms with Crippen LogP contribution >= 0.6 is 0 Å². The molecular weight excluding hydrogens is 280 g/mol. The van der Waals surface area contributed by atoms with E-state index in [4.69, 9.17) is 0 Å². The third-order valence-corrected chi connectivity index (χ3v) is 3.47. The van der Waals surface area contributed by atoms with Crippen molar-refractivity contribution in [1.82, 2.24) is 5.32 Å². The van der Waals surface area contributed by atoms with Crippen LogP contribution in [0, 0.1) is 0 Å². The molecule has 2 amide bonds. The third-order valence-electron chi connectivity index (χ3n) is 3.47. The number of amides is 2. The van der Waals surface area contributed by atoms with Crippen molar-refractivity contribution < 1.29 is 14.4 Å². The number of nitrogens with one attached hydrogen (secondary N) is 2. The quantitative estimate of drug-likeness (QED) is 0.876. The predicted octanol–water partition coefficient (Wildman–Crippen LogP) is 2.03. The summed E-state index contributed by atoms with van der Waals surface area (Å²) in [5.74, 6) is -0.626. The van der Waals surface area contributed by atoms with Crippen LogP contribution in [-0.2, 0) is 14.4 Å². The van der Waals surface area contributed by atoms with Crippen molar-refractivity contribution in [2.24, 2.45) is 0 Å². The van der Waals surface area contributed by atoms with Gasteiger partial charge in [0.05, 0.1) is 5.70 Å². The molecule has 110 valence electrons. The molecule has 0 aliphatic heterocycles. The van der Waals surface area contributed by atoms with Crippen LogP contribution in [0.1, 0.15) is 25.0 Å². The van der Waals surface area contributed by atoms with Crippen molar-refractivity contribution in [2.45, 2.75) is 13.8 Å². The first-order valence-corrected chi connectivity index (χ1v) is 6.84. The van der Waals surface area contributed by atoms with E-state index in [-0.39, 0.29) is 23.3 Å². The largest absolute Gasteiger partial charge is 0.326 e.